The van der Waals surface area contributed by atoms with E-state index in [1.807, 2.05) is 24.3 Å². The third kappa shape index (κ3) is 5.69. The molecule has 2 heterocycles. The van der Waals surface area contributed by atoms with Gasteiger partial charge in [0.05, 0.1) is 33.2 Å². The summed E-state index contributed by atoms with van der Waals surface area (Å²) in [6.45, 7) is 0. The number of nitrogens with zero attached hydrogens (tertiary/aromatic N) is 8. The van der Waals surface area contributed by atoms with Crippen molar-refractivity contribution >= 4 is 33.2 Å². The average Bonchev–Trinajstić information content (AvgIpc) is 3.16. The van der Waals surface area contributed by atoms with Crippen LogP contribution in [-0.2, 0) is 0 Å². The Bertz CT molecular complexity index is 2880. The number of fused-ring (bicyclic) bond motifs is 2. The summed E-state index contributed by atoms with van der Waals surface area (Å²) in [5.41, 5.74) is 0.118. The number of aromatic nitrogens is 4. The smallest absolute Gasteiger partial charge is 0.141 e. The molecule has 0 aliphatic rings. The van der Waals surface area contributed by atoms with Crippen molar-refractivity contribution in [1.82, 2.24) is 19.9 Å². The van der Waals surface area contributed by atoms with Gasteiger partial charge < -0.3 is 0 Å². The zero-order valence-corrected chi connectivity index (χ0v) is 26.3. The van der Waals surface area contributed by atoms with Gasteiger partial charge in [-0.3, -0.25) is 0 Å². The highest BCUT2D eigenvalue weighted by Gasteiger charge is 2.24. The lowest BCUT2D eigenvalue weighted by molar-refractivity contribution is 0.627. The van der Waals surface area contributed by atoms with Crippen LogP contribution in [0.25, 0.3) is 78.2 Å². The Kier molecular flexibility index (Phi) is 8.34. The van der Waals surface area contributed by atoms with Crippen molar-refractivity contribution in [2.24, 2.45) is 0 Å². The molecular formula is C40H16F4N8. The molecule has 0 amide bonds. The third-order valence-corrected chi connectivity index (χ3v) is 8.14. The van der Waals surface area contributed by atoms with Gasteiger partial charge in [0.2, 0.25) is 0 Å². The van der Waals surface area contributed by atoms with E-state index in [1.54, 1.807) is 6.07 Å². The Morgan fingerprint density at radius 2 is 0.692 bits per heavy atom. The maximum Gasteiger partial charge on any atom is 0.141 e. The summed E-state index contributed by atoms with van der Waals surface area (Å²) in [4.78, 5) is 19.4. The summed E-state index contributed by atoms with van der Waals surface area (Å²) in [6.07, 6.45) is 0. The van der Waals surface area contributed by atoms with E-state index in [1.165, 1.54) is 91.0 Å². The zero-order valence-electron chi connectivity index (χ0n) is 26.3. The predicted molar refractivity (Wildman–Crippen MR) is 183 cm³/mol. The Balaban J connectivity index is 1.80. The van der Waals surface area contributed by atoms with Crippen LogP contribution in [-0.4, -0.2) is 19.9 Å². The first-order valence-corrected chi connectivity index (χ1v) is 15.2. The van der Waals surface area contributed by atoms with E-state index in [-0.39, 0.29) is 60.8 Å². The third-order valence-electron chi connectivity index (χ3n) is 8.14. The molecule has 2 aromatic heterocycles. The Morgan fingerprint density at radius 3 is 0.981 bits per heavy atom. The first kappa shape index (κ1) is 32.7. The van der Waals surface area contributed by atoms with Crippen molar-refractivity contribution in [3.63, 3.8) is 0 Å². The van der Waals surface area contributed by atoms with Gasteiger partial charge in [0.25, 0.3) is 0 Å². The van der Waals surface area contributed by atoms with Gasteiger partial charge in [-0.25, -0.2) is 37.5 Å². The van der Waals surface area contributed by atoms with Crippen LogP contribution in [0, 0.1) is 68.6 Å². The maximum atomic E-state index is 14.6. The summed E-state index contributed by atoms with van der Waals surface area (Å²) < 4.78 is 56.9. The minimum Gasteiger partial charge on any atom is -0.243 e. The van der Waals surface area contributed by atoms with E-state index in [2.05, 4.69) is 0 Å². The van der Waals surface area contributed by atoms with Crippen molar-refractivity contribution in [3.8, 4) is 69.3 Å². The van der Waals surface area contributed by atoms with Crippen LogP contribution in [0.5, 0.6) is 0 Å². The molecule has 0 aliphatic heterocycles. The topological polar surface area (TPSA) is 147 Å². The minimum absolute atomic E-state index is 0.0607. The Morgan fingerprint density at radius 1 is 0.385 bits per heavy atom. The molecule has 12 heteroatoms. The monoisotopic (exact) mass is 684 g/mol. The van der Waals surface area contributed by atoms with Crippen molar-refractivity contribution in [2.75, 3.05) is 0 Å². The maximum absolute atomic E-state index is 14.6. The van der Waals surface area contributed by atoms with Gasteiger partial charge in [-0.1, -0.05) is 12.1 Å². The fourth-order valence-corrected chi connectivity index (χ4v) is 5.80. The number of hydrogen-bond donors (Lipinski definition) is 0. The molecule has 0 radical (unpaired) electrons. The van der Waals surface area contributed by atoms with Crippen LogP contribution in [0.4, 0.5) is 17.6 Å². The summed E-state index contributed by atoms with van der Waals surface area (Å²) >= 11 is 0. The summed E-state index contributed by atoms with van der Waals surface area (Å²) in [7, 11) is 0. The van der Waals surface area contributed by atoms with E-state index >= 15 is 0 Å². The molecule has 52 heavy (non-hydrogen) atoms. The first-order chi connectivity index (χ1) is 25.2. The molecule has 0 atom stereocenters. The molecule has 244 valence electrons. The minimum atomic E-state index is -0.613. The normalized spacial score (nSPS) is 10.6. The number of halogens is 4. The van der Waals surface area contributed by atoms with Crippen LogP contribution in [0.1, 0.15) is 0 Å². The van der Waals surface area contributed by atoms with E-state index < -0.39 is 34.4 Å². The lowest BCUT2D eigenvalue weighted by Gasteiger charge is -2.15. The summed E-state index contributed by atoms with van der Waals surface area (Å²) in [5.74, 6) is -2.25. The van der Waals surface area contributed by atoms with Crippen molar-refractivity contribution < 1.29 is 17.6 Å². The fourth-order valence-electron chi connectivity index (χ4n) is 5.80. The molecule has 0 spiro atoms. The standard InChI is InChI=1S/C40H16F4N8/c41-27-10-4-21(5-11-27)33-34(22-6-12-28(42)13-7-22)50-38-32(26(19-47)20-48)40-39(31(37(38)49-33)25(17-45)18-46)51-35(23-8-14-29(43)15-9-23)36(52-40)24-2-1-3-30(44)16-24/h1-16H. The van der Waals surface area contributed by atoms with E-state index in [9.17, 15) is 38.6 Å². The van der Waals surface area contributed by atoms with Gasteiger partial charge in [-0.2, -0.15) is 21.0 Å². The Labute approximate surface area is 291 Å². The molecule has 7 aromatic rings. The first-order valence-electron chi connectivity index (χ1n) is 15.2. The predicted octanol–water partition coefficient (Wildman–Crippen LogP) is 7.19. The highest BCUT2D eigenvalue weighted by molar-refractivity contribution is 6.03. The Hall–Kier alpha value is -7.80. The molecule has 7 rings (SSSR count). The van der Waals surface area contributed by atoms with E-state index in [0.29, 0.717) is 16.7 Å². The second kappa shape index (κ2) is 13.2. The van der Waals surface area contributed by atoms with Crippen molar-refractivity contribution in [2.45, 2.75) is 0 Å². The van der Waals surface area contributed by atoms with Crippen LogP contribution in [0.15, 0.2) is 97.1 Å². The number of benzene rings is 5. The van der Waals surface area contributed by atoms with Gasteiger partial charge in [-0.15, -0.1) is 0 Å². The van der Waals surface area contributed by atoms with Crippen LogP contribution in [0.2, 0.25) is 0 Å². The zero-order chi connectivity index (χ0) is 36.5. The second-order valence-electron chi connectivity index (χ2n) is 11.2. The van der Waals surface area contributed by atoms with Crippen molar-refractivity contribution in [1.29, 1.82) is 21.0 Å². The number of rotatable bonds is 4. The molecule has 0 saturated heterocycles. The SMILES string of the molecule is N#CC(C#N)=c1c2nc(-c3ccc(F)cc3)c(-c3ccc(F)cc3)nc2c(=C(C#N)C#N)c2nc(-c3cccc(F)c3)c(-c3ccc(F)cc3)nc12. The van der Waals surface area contributed by atoms with Gasteiger partial charge in [-0.05, 0) is 84.9 Å². The van der Waals surface area contributed by atoms with Crippen LogP contribution >= 0.6 is 0 Å². The molecule has 0 N–H and O–H groups in total. The molecule has 0 unspecified atom stereocenters. The largest absolute Gasteiger partial charge is 0.243 e. The molecule has 0 bridgehead atoms. The van der Waals surface area contributed by atoms with Crippen molar-refractivity contribution in [3.05, 3.63) is 131 Å². The highest BCUT2D eigenvalue weighted by Crippen LogP contribution is 2.33. The van der Waals surface area contributed by atoms with E-state index in [4.69, 9.17) is 19.9 Å². The van der Waals surface area contributed by atoms with E-state index in [0.717, 1.165) is 0 Å². The van der Waals surface area contributed by atoms with Gasteiger partial charge in [0, 0.05) is 22.3 Å². The van der Waals surface area contributed by atoms with Gasteiger partial charge in [0.15, 0.2) is 0 Å². The quantitative estimate of drug-likeness (QED) is 0.140. The molecule has 0 aliphatic carbocycles. The summed E-state index contributed by atoms with van der Waals surface area (Å²) in [5, 5.41) is 40.7. The average molecular weight is 685 g/mol. The molecule has 8 nitrogen and oxygen atoms in total. The van der Waals surface area contributed by atoms with Gasteiger partial charge in [0.1, 0.15) is 80.8 Å². The fraction of sp³-hybridized carbons (Fsp3) is 0. The molecular weight excluding hydrogens is 668 g/mol. The summed E-state index contributed by atoms with van der Waals surface area (Å²) in [6, 6.07) is 28.5. The highest BCUT2D eigenvalue weighted by atomic mass is 19.1. The van der Waals surface area contributed by atoms with Gasteiger partial charge >= 0.3 is 0 Å². The van der Waals surface area contributed by atoms with Crippen LogP contribution in [0.3, 0.4) is 0 Å². The molecule has 5 aromatic carbocycles. The number of nitriles is 4. The molecule has 0 saturated carbocycles. The second-order valence-corrected chi connectivity index (χ2v) is 11.2. The lowest BCUT2D eigenvalue weighted by atomic mass is 9.99. The lowest BCUT2D eigenvalue weighted by Crippen LogP contribution is -2.24. The molecule has 0 fully saturated rings. The van der Waals surface area contributed by atoms with Crippen LogP contribution < -0.4 is 10.4 Å². The number of hydrogen-bond acceptors (Lipinski definition) is 8.